The van der Waals surface area contributed by atoms with Gasteiger partial charge in [0.1, 0.15) is 40.6 Å². The smallest absolute Gasteiger partial charge is 0.254 e. The average molecular weight is 947 g/mol. The number of nitrogens with zero attached hydrogens (tertiary/aromatic N) is 10. The largest absolute Gasteiger partial charge is 0.494 e. The van der Waals surface area contributed by atoms with Crippen LogP contribution < -0.4 is 30.0 Å². The third-order valence-corrected chi connectivity index (χ3v) is 15.8. The fourth-order valence-electron chi connectivity index (χ4n) is 12.4. The third-order valence-electron chi connectivity index (χ3n) is 15.8. The molecule has 2 aliphatic carbocycles. The quantitative estimate of drug-likeness (QED) is 0.122. The van der Waals surface area contributed by atoms with Gasteiger partial charge in [0.15, 0.2) is 11.6 Å². The first-order chi connectivity index (χ1) is 34.0. The summed E-state index contributed by atoms with van der Waals surface area (Å²) < 4.78 is 31.9. The SMILES string of the molecule is CCn1c(-c2nc3cc(C(=O)N4C[C@@H]5CC[C@H]4[C@H]5NCOc4ccc5cc(-c6nc7cc(C(=O)N8C[C@H]9CC[C@@H]8[C@@H]9N)cc(OC)c7n6C)n(CC)c5n4)cc(OC)c3n2C)cc2ccc(OC)nc21. The number of piperidine rings is 2. The molecule has 362 valence electrons. The van der Waals surface area contributed by atoms with Crippen molar-refractivity contribution >= 4 is 55.9 Å². The number of rotatable bonds is 13. The van der Waals surface area contributed by atoms with Crippen molar-refractivity contribution in [3.8, 4) is 46.3 Å². The number of carbonyl (C=O) groups is 2. The zero-order valence-electron chi connectivity index (χ0n) is 40.6. The summed E-state index contributed by atoms with van der Waals surface area (Å²) in [5, 5.41) is 5.58. The molecule has 2 saturated carbocycles. The number of amides is 2. The van der Waals surface area contributed by atoms with E-state index >= 15 is 0 Å². The predicted octanol–water partition coefficient (Wildman–Crippen LogP) is 6.35. The standard InChI is InChI=1S/C52H58N12O6/c1-8-61-37(20-27-12-16-41(69-7)57-47(27)61)49-56-34-19-32(23-40(68-6)46(34)59(49)3)52(66)64-25-30-11-15-36(64)44(30)54-26-70-42-17-13-28-21-38(62(9-2)48(28)58-42)50-55-33-18-31(22-39(67-5)45(33)60(50)4)51(65)63-24-29-10-14-35(63)43(29)53/h12-13,16-23,29-30,35-36,43-44,54H,8-11,14-15,24-26,53H2,1-7H3/t29-,30+,35-,36+,43-,44+/m1/s1. The number of methoxy groups -OCH3 is 3. The first-order valence-corrected chi connectivity index (χ1v) is 24.4. The monoisotopic (exact) mass is 946 g/mol. The summed E-state index contributed by atoms with van der Waals surface area (Å²) >= 11 is 0. The summed E-state index contributed by atoms with van der Waals surface area (Å²) in [5.41, 5.74) is 14.0. The summed E-state index contributed by atoms with van der Waals surface area (Å²) in [7, 11) is 8.82. The highest BCUT2D eigenvalue weighted by Gasteiger charge is 2.49. The lowest BCUT2D eigenvalue weighted by Crippen LogP contribution is -2.44. The number of imidazole rings is 2. The first kappa shape index (κ1) is 44.1. The van der Waals surface area contributed by atoms with Gasteiger partial charge in [-0.25, -0.2) is 9.97 Å². The fourth-order valence-corrected chi connectivity index (χ4v) is 12.4. The predicted molar refractivity (Wildman–Crippen MR) is 265 cm³/mol. The van der Waals surface area contributed by atoms with Gasteiger partial charge < -0.3 is 52.7 Å². The molecule has 4 aliphatic rings. The number of aromatic nitrogens is 8. The summed E-state index contributed by atoms with van der Waals surface area (Å²) in [4.78, 5) is 52.2. The second-order valence-electron chi connectivity index (χ2n) is 19.3. The Hall–Kier alpha value is -7.18. The van der Waals surface area contributed by atoms with Gasteiger partial charge in [-0.15, -0.1) is 0 Å². The van der Waals surface area contributed by atoms with E-state index in [-0.39, 0.29) is 48.6 Å². The fraction of sp³-hybridized carbons (Fsp3) is 0.423. The maximum Gasteiger partial charge on any atom is 0.254 e. The number of nitrogens with one attached hydrogen (secondary N) is 1. The number of carbonyl (C=O) groups excluding carboxylic acids is 2. The minimum absolute atomic E-state index is 0.0110. The lowest BCUT2D eigenvalue weighted by Gasteiger charge is -2.28. The molecule has 2 amide bonds. The van der Waals surface area contributed by atoms with E-state index in [2.05, 4.69) is 40.4 Å². The number of ether oxygens (including phenoxy) is 4. The van der Waals surface area contributed by atoms with E-state index in [0.717, 1.165) is 81.8 Å². The number of fused-ring (bicyclic) bond motifs is 8. The highest BCUT2D eigenvalue weighted by Crippen LogP contribution is 2.42. The first-order valence-electron chi connectivity index (χ1n) is 24.4. The maximum absolute atomic E-state index is 14.5. The van der Waals surface area contributed by atoms with Crippen molar-refractivity contribution in [1.29, 1.82) is 0 Å². The second-order valence-corrected chi connectivity index (χ2v) is 19.3. The molecule has 8 heterocycles. The molecule has 4 fully saturated rings. The molecule has 0 radical (unpaired) electrons. The minimum atomic E-state index is -0.0403. The van der Waals surface area contributed by atoms with Crippen LogP contribution in [0.4, 0.5) is 0 Å². The van der Waals surface area contributed by atoms with E-state index in [1.165, 1.54) is 0 Å². The van der Waals surface area contributed by atoms with E-state index in [1.54, 1.807) is 21.3 Å². The van der Waals surface area contributed by atoms with Crippen LogP contribution in [0.2, 0.25) is 0 Å². The Bertz CT molecular complexity index is 3420. The van der Waals surface area contributed by atoms with Crippen LogP contribution in [0.25, 0.3) is 67.2 Å². The Kier molecular flexibility index (Phi) is 10.5. The molecule has 0 unspecified atom stereocenters. The Balaban J connectivity index is 0.757. The number of benzene rings is 2. The third kappa shape index (κ3) is 6.66. The number of pyridine rings is 2. The summed E-state index contributed by atoms with van der Waals surface area (Å²) in [6.07, 6.45) is 3.95. The highest BCUT2D eigenvalue weighted by molar-refractivity contribution is 6.02. The maximum atomic E-state index is 14.5. The Morgan fingerprint density at radius 1 is 0.643 bits per heavy atom. The molecular formula is C52H58N12O6. The normalized spacial score (nSPS) is 21.7. The van der Waals surface area contributed by atoms with Crippen LogP contribution in [0.15, 0.2) is 60.7 Å². The Morgan fingerprint density at radius 2 is 1.16 bits per heavy atom. The molecule has 6 aromatic heterocycles. The van der Waals surface area contributed by atoms with E-state index in [1.807, 2.05) is 81.6 Å². The average Bonchev–Trinajstić information content (AvgIpc) is 4.29. The van der Waals surface area contributed by atoms with Crippen LogP contribution in [0, 0.1) is 11.8 Å². The molecule has 0 spiro atoms. The van der Waals surface area contributed by atoms with Gasteiger partial charge in [-0.3, -0.25) is 14.9 Å². The van der Waals surface area contributed by atoms with Crippen LogP contribution in [0.1, 0.15) is 60.2 Å². The van der Waals surface area contributed by atoms with Crippen LogP contribution >= 0.6 is 0 Å². The van der Waals surface area contributed by atoms with E-state index in [0.29, 0.717) is 77.5 Å². The van der Waals surface area contributed by atoms with Gasteiger partial charge in [0.05, 0.1) is 43.8 Å². The van der Waals surface area contributed by atoms with Crippen molar-refractivity contribution in [2.75, 3.05) is 41.1 Å². The van der Waals surface area contributed by atoms with E-state index in [4.69, 9.17) is 44.6 Å². The molecule has 2 saturated heterocycles. The lowest BCUT2D eigenvalue weighted by atomic mass is 10.1. The number of hydrogen-bond acceptors (Lipinski definition) is 12. The van der Waals surface area contributed by atoms with Crippen molar-refractivity contribution in [3.63, 3.8) is 0 Å². The zero-order chi connectivity index (χ0) is 48.3. The molecule has 4 bridgehead atoms. The number of nitrogens with two attached hydrogens (primary N) is 1. The molecule has 18 nitrogen and oxygen atoms in total. The van der Waals surface area contributed by atoms with Crippen molar-refractivity contribution in [1.82, 2.24) is 53.3 Å². The van der Waals surface area contributed by atoms with Crippen molar-refractivity contribution in [2.45, 2.75) is 76.8 Å². The van der Waals surface area contributed by atoms with Crippen LogP contribution in [0.3, 0.4) is 0 Å². The van der Waals surface area contributed by atoms with Gasteiger partial charge in [-0.1, -0.05) is 0 Å². The van der Waals surface area contributed by atoms with Crippen LogP contribution in [0.5, 0.6) is 23.3 Å². The van der Waals surface area contributed by atoms with Crippen LogP contribution in [-0.2, 0) is 27.2 Å². The molecule has 8 aromatic rings. The van der Waals surface area contributed by atoms with Gasteiger partial charge in [0, 0.05) is 98.5 Å². The van der Waals surface area contributed by atoms with Crippen molar-refractivity contribution < 1.29 is 28.5 Å². The molecule has 3 N–H and O–H groups in total. The van der Waals surface area contributed by atoms with Crippen molar-refractivity contribution in [3.05, 3.63) is 71.8 Å². The van der Waals surface area contributed by atoms with Gasteiger partial charge in [0.25, 0.3) is 11.8 Å². The number of aryl methyl sites for hydroxylation is 4. The summed E-state index contributed by atoms with van der Waals surface area (Å²) in [6, 6.07) is 19.6. The Morgan fingerprint density at radius 3 is 1.67 bits per heavy atom. The zero-order valence-corrected chi connectivity index (χ0v) is 40.6. The highest BCUT2D eigenvalue weighted by atomic mass is 16.5. The second kappa shape index (κ2) is 16.8. The molecule has 6 atom stereocenters. The molecular weight excluding hydrogens is 889 g/mol. The molecule has 12 rings (SSSR count). The minimum Gasteiger partial charge on any atom is -0.494 e. The van der Waals surface area contributed by atoms with E-state index in [9.17, 15) is 9.59 Å². The Labute approximate surface area is 404 Å². The van der Waals surface area contributed by atoms with Gasteiger partial charge >= 0.3 is 0 Å². The lowest BCUT2D eigenvalue weighted by molar-refractivity contribution is 0.0690. The molecule has 2 aliphatic heterocycles. The molecule has 70 heavy (non-hydrogen) atoms. The molecule has 2 aromatic carbocycles. The topological polar surface area (TPSA) is 187 Å². The van der Waals surface area contributed by atoms with Gasteiger partial charge in [-0.05, 0) is 99.9 Å². The van der Waals surface area contributed by atoms with Gasteiger partial charge in [-0.2, -0.15) is 9.97 Å². The van der Waals surface area contributed by atoms with Crippen molar-refractivity contribution in [2.24, 2.45) is 31.7 Å². The van der Waals surface area contributed by atoms with Crippen LogP contribution in [-0.4, -0.2) is 125 Å². The number of hydrogen-bond donors (Lipinski definition) is 2. The summed E-state index contributed by atoms with van der Waals surface area (Å²) in [6.45, 7) is 7.08. The molecule has 18 heteroatoms. The van der Waals surface area contributed by atoms with E-state index < -0.39 is 0 Å². The van der Waals surface area contributed by atoms with Gasteiger partial charge in [0.2, 0.25) is 11.8 Å². The summed E-state index contributed by atoms with van der Waals surface area (Å²) in [5.74, 6) is 4.29. The number of likely N-dealkylation sites (tertiary alicyclic amines) is 2.